The Hall–Kier alpha value is -2.39. The standard InChI is InChI=1S/C8H7NO2.C6H5Cl.C6H14N2O.CH5NS/c10-6-9-8(11)7-4-2-1-3-5-7;7-6-4-2-1-3-5-6;1-4(2)3-5(7)6(8)9;1-2-3/h1-6H,(H,9,10,11);1-5H;4-5H,3,7H2,1-2H3,(H2,8,9);2-3H,1H3. The van der Waals surface area contributed by atoms with Crippen molar-refractivity contribution in [1.29, 1.82) is 0 Å². The quantitative estimate of drug-likeness (QED) is 0.350. The van der Waals surface area contributed by atoms with E-state index in [1.54, 1.807) is 37.4 Å². The molecule has 0 heterocycles. The van der Waals surface area contributed by atoms with Crippen molar-refractivity contribution >= 4 is 42.6 Å². The van der Waals surface area contributed by atoms with Gasteiger partial charge in [0.1, 0.15) is 0 Å². The summed E-state index contributed by atoms with van der Waals surface area (Å²) in [6, 6.07) is 17.5. The molecule has 0 saturated heterocycles. The number of hydrogen-bond donors (Lipinski definition) is 5. The highest BCUT2D eigenvalue weighted by atomic mass is 35.5. The van der Waals surface area contributed by atoms with Crippen molar-refractivity contribution in [2.24, 2.45) is 17.4 Å². The van der Waals surface area contributed by atoms with E-state index in [2.05, 4.69) is 17.5 Å². The van der Waals surface area contributed by atoms with Crippen molar-refractivity contribution in [3.63, 3.8) is 0 Å². The molecule has 1 unspecified atom stereocenters. The molecule has 2 rings (SSSR count). The second-order valence-corrected chi connectivity index (χ2v) is 7.00. The number of imide groups is 1. The van der Waals surface area contributed by atoms with Gasteiger partial charge in [-0.15, -0.1) is 0 Å². The van der Waals surface area contributed by atoms with E-state index in [0.717, 1.165) is 5.02 Å². The maximum absolute atomic E-state index is 10.9. The Balaban J connectivity index is 0. The SMILES string of the molecule is CC(C)CC(N)C(N)=O.CNS.Clc1ccccc1.O=CNC(=O)c1ccccc1. The molecule has 2 aromatic carbocycles. The number of carbonyl (C=O) groups is 3. The molecule has 0 aliphatic carbocycles. The first kappa shape index (κ1) is 29.8. The predicted octanol–water partition coefficient (Wildman–Crippen LogP) is 2.81. The van der Waals surface area contributed by atoms with Crippen LogP contribution in [0.15, 0.2) is 60.7 Å². The van der Waals surface area contributed by atoms with Gasteiger partial charge in [0.15, 0.2) is 0 Å². The molecule has 0 fully saturated rings. The Morgan fingerprint density at radius 2 is 1.50 bits per heavy atom. The van der Waals surface area contributed by atoms with E-state index in [1.165, 1.54) is 0 Å². The minimum Gasteiger partial charge on any atom is -0.368 e. The summed E-state index contributed by atoms with van der Waals surface area (Å²) in [7, 11) is 1.74. The number of nitrogens with two attached hydrogens (primary N) is 2. The van der Waals surface area contributed by atoms with Crippen LogP contribution in [0.3, 0.4) is 0 Å². The van der Waals surface area contributed by atoms with E-state index in [-0.39, 0.29) is 5.91 Å². The molecule has 7 nitrogen and oxygen atoms in total. The molecule has 1 atom stereocenters. The number of carbonyl (C=O) groups excluding carboxylic acids is 3. The number of halogens is 1. The molecule has 0 saturated carbocycles. The molecule has 9 heteroatoms. The number of primary amides is 1. The van der Waals surface area contributed by atoms with Gasteiger partial charge in [-0.05, 0) is 43.7 Å². The zero-order valence-electron chi connectivity index (χ0n) is 17.4. The van der Waals surface area contributed by atoms with Crippen LogP contribution in [0, 0.1) is 5.92 Å². The van der Waals surface area contributed by atoms with Gasteiger partial charge in [0.2, 0.25) is 12.3 Å². The minimum atomic E-state index is -0.468. The highest BCUT2D eigenvalue weighted by Crippen LogP contribution is 2.03. The van der Waals surface area contributed by atoms with Crippen molar-refractivity contribution in [2.45, 2.75) is 26.3 Å². The van der Waals surface area contributed by atoms with Gasteiger partial charge in [-0.2, -0.15) is 0 Å². The van der Waals surface area contributed by atoms with Crippen LogP contribution in [-0.4, -0.2) is 31.3 Å². The number of benzene rings is 2. The fourth-order valence-electron chi connectivity index (χ4n) is 1.77. The second-order valence-electron chi connectivity index (χ2n) is 6.11. The maximum Gasteiger partial charge on any atom is 0.257 e. The summed E-state index contributed by atoms with van der Waals surface area (Å²) in [4.78, 5) is 31.1. The Morgan fingerprint density at radius 1 is 1.07 bits per heavy atom. The van der Waals surface area contributed by atoms with Gasteiger partial charge in [-0.3, -0.25) is 24.4 Å². The fourth-order valence-corrected chi connectivity index (χ4v) is 1.91. The molecule has 6 N–H and O–H groups in total. The summed E-state index contributed by atoms with van der Waals surface area (Å²) in [5.41, 5.74) is 10.7. The van der Waals surface area contributed by atoms with Crippen molar-refractivity contribution in [3.05, 3.63) is 71.2 Å². The largest absolute Gasteiger partial charge is 0.368 e. The van der Waals surface area contributed by atoms with E-state index < -0.39 is 11.9 Å². The summed E-state index contributed by atoms with van der Waals surface area (Å²) < 4.78 is 2.44. The van der Waals surface area contributed by atoms with E-state index in [1.807, 2.05) is 49.5 Å². The van der Waals surface area contributed by atoms with E-state index in [0.29, 0.717) is 24.3 Å². The van der Waals surface area contributed by atoms with Crippen LogP contribution in [0.1, 0.15) is 30.6 Å². The van der Waals surface area contributed by atoms with E-state index >= 15 is 0 Å². The molecule has 2 aromatic rings. The highest BCUT2D eigenvalue weighted by Gasteiger charge is 2.09. The van der Waals surface area contributed by atoms with Gasteiger partial charge >= 0.3 is 0 Å². The Morgan fingerprint density at radius 3 is 1.77 bits per heavy atom. The van der Waals surface area contributed by atoms with Gasteiger partial charge in [-0.1, -0.05) is 74.7 Å². The van der Waals surface area contributed by atoms with Gasteiger partial charge in [-0.25, -0.2) is 0 Å². The lowest BCUT2D eigenvalue weighted by Crippen LogP contribution is -2.37. The lowest BCUT2D eigenvalue weighted by molar-refractivity contribution is -0.119. The molecule has 0 spiro atoms. The van der Waals surface area contributed by atoms with E-state index in [4.69, 9.17) is 23.1 Å². The molecule has 166 valence electrons. The fraction of sp³-hybridized carbons (Fsp3) is 0.286. The molecule has 0 aliphatic rings. The Labute approximate surface area is 189 Å². The lowest BCUT2D eigenvalue weighted by Gasteiger charge is -2.08. The Kier molecular flexibility index (Phi) is 19.8. The van der Waals surface area contributed by atoms with Gasteiger partial charge < -0.3 is 11.5 Å². The zero-order chi connectivity index (χ0) is 23.4. The van der Waals surface area contributed by atoms with Crippen molar-refractivity contribution < 1.29 is 14.4 Å². The summed E-state index contributed by atoms with van der Waals surface area (Å²) in [6.45, 7) is 4.01. The number of nitrogens with one attached hydrogen (secondary N) is 2. The number of rotatable bonds is 5. The van der Waals surface area contributed by atoms with Crippen LogP contribution in [0.5, 0.6) is 0 Å². The van der Waals surface area contributed by atoms with Gasteiger partial charge in [0.25, 0.3) is 5.91 Å². The van der Waals surface area contributed by atoms with E-state index in [9.17, 15) is 14.4 Å². The molecule has 0 aliphatic heterocycles. The second kappa shape index (κ2) is 19.9. The highest BCUT2D eigenvalue weighted by molar-refractivity contribution is 7.78. The van der Waals surface area contributed by atoms with Crippen molar-refractivity contribution in [1.82, 2.24) is 10.0 Å². The summed E-state index contributed by atoms with van der Waals surface area (Å²) in [6.07, 6.45) is 1.05. The summed E-state index contributed by atoms with van der Waals surface area (Å²) in [5, 5.41) is 2.84. The molecule has 3 amide bonds. The lowest BCUT2D eigenvalue weighted by atomic mass is 10.0. The van der Waals surface area contributed by atoms with Crippen LogP contribution in [-0.2, 0) is 9.59 Å². The molecule has 0 bridgehead atoms. The maximum atomic E-state index is 10.9. The monoisotopic (exact) mass is 454 g/mol. The van der Waals surface area contributed by atoms with Gasteiger partial charge in [0, 0.05) is 10.6 Å². The molecular weight excluding hydrogens is 424 g/mol. The topological polar surface area (TPSA) is 127 Å². The third-order valence-electron chi connectivity index (χ3n) is 3.05. The smallest absolute Gasteiger partial charge is 0.257 e. The average molecular weight is 455 g/mol. The normalized spacial score (nSPS) is 9.97. The van der Waals surface area contributed by atoms with Crippen LogP contribution >= 0.6 is 24.4 Å². The third kappa shape index (κ3) is 18.9. The number of amides is 3. The molecule has 30 heavy (non-hydrogen) atoms. The molecule has 0 aromatic heterocycles. The van der Waals surface area contributed by atoms with Crippen molar-refractivity contribution in [2.75, 3.05) is 7.05 Å². The first-order valence-corrected chi connectivity index (χ1v) is 9.87. The van der Waals surface area contributed by atoms with Crippen LogP contribution in [0.2, 0.25) is 5.02 Å². The number of thiol groups is 1. The average Bonchev–Trinajstić information content (AvgIpc) is 2.70. The third-order valence-corrected chi connectivity index (χ3v) is 3.30. The molecular formula is C21H31ClN4O3S. The predicted molar refractivity (Wildman–Crippen MR) is 126 cm³/mol. The van der Waals surface area contributed by atoms with Crippen LogP contribution in [0.4, 0.5) is 0 Å². The summed E-state index contributed by atoms with van der Waals surface area (Å²) in [5.74, 6) is -0.350. The van der Waals surface area contributed by atoms with Crippen LogP contribution < -0.4 is 21.5 Å². The zero-order valence-corrected chi connectivity index (χ0v) is 19.1. The Bertz CT molecular complexity index is 704. The van der Waals surface area contributed by atoms with Crippen LogP contribution in [0.25, 0.3) is 0 Å². The first-order valence-electron chi connectivity index (χ1n) is 9.05. The first-order chi connectivity index (χ1) is 14.2. The van der Waals surface area contributed by atoms with Gasteiger partial charge in [0.05, 0.1) is 6.04 Å². The van der Waals surface area contributed by atoms with Crippen molar-refractivity contribution in [3.8, 4) is 0 Å². The summed E-state index contributed by atoms with van der Waals surface area (Å²) >= 11 is 9.08. The molecule has 0 radical (unpaired) electrons. The minimum absolute atomic E-state index is 0.370. The number of hydrogen-bond acceptors (Lipinski definition) is 6.